The van der Waals surface area contributed by atoms with E-state index in [0.717, 1.165) is 12.1 Å². The standard InChI is InChI=1S/C16H13AsN2O11S2.2Na/c20-12-7-9(31(25,26)27)5-8-6-13(32(28,29)30)15(16(21)14(8)12)19-18-11-4-2-1-3-10(11)17(22,23)24;;/h1-7,20-21H,(H2,22,23,24)(H,25,26,27)(H,28,29,30);;/q;2*+1/p-2. The summed E-state index contributed by atoms with van der Waals surface area (Å²) in [5.41, 5.74) is -1.42. The van der Waals surface area contributed by atoms with Crippen molar-refractivity contribution in [3.05, 3.63) is 42.5 Å². The van der Waals surface area contributed by atoms with Crippen LogP contribution < -0.4 is 71.7 Å². The first-order valence-corrected chi connectivity index (χ1v) is 14.2. The summed E-state index contributed by atoms with van der Waals surface area (Å²) in [6.45, 7) is 0. The molecule has 0 aliphatic heterocycles. The Hall–Kier alpha value is -0.782. The van der Waals surface area contributed by atoms with Crippen LogP contribution in [-0.2, 0) is 24.0 Å². The molecule has 0 saturated carbocycles. The summed E-state index contributed by atoms with van der Waals surface area (Å²) < 4.78 is 98.6. The predicted molar refractivity (Wildman–Crippen MR) is 104 cm³/mol. The van der Waals surface area contributed by atoms with Crippen LogP contribution in [0.2, 0.25) is 0 Å². The molecule has 34 heavy (non-hydrogen) atoms. The molecule has 0 amide bonds. The molecule has 18 heteroatoms. The number of hydrogen-bond donors (Lipinski definition) is 4. The third kappa shape index (κ3) is 6.70. The zero-order valence-corrected chi connectivity index (χ0v) is 24.9. The van der Waals surface area contributed by atoms with E-state index in [1.807, 2.05) is 0 Å². The molecular weight excluding hydrogens is 581 g/mol. The summed E-state index contributed by atoms with van der Waals surface area (Å²) in [6, 6.07) is 6.46. The number of aromatic hydroxyl groups is 2. The molecule has 3 aromatic rings. The van der Waals surface area contributed by atoms with Gasteiger partial charge < -0.3 is 0 Å². The summed E-state index contributed by atoms with van der Waals surface area (Å²) in [7, 11) is -9.97. The molecule has 170 valence electrons. The van der Waals surface area contributed by atoms with Gasteiger partial charge in [0.05, 0.1) is 0 Å². The molecule has 0 atom stereocenters. The predicted octanol–water partition coefficient (Wildman–Crippen LogP) is -6.54. The Labute approximate surface area is 239 Å². The minimum Gasteiger partial charge on any atom is 1.00 e. The number of azo groups is 1. The van der Waals surface area contributed by atoms with Gasteiger partial charge in [-0.3, -0.25) is 0 Å². The van der Waals surface area contributed by atoms with Crippen LogP contribution in [0.3, 0.4) is 0 Å². The fourth-order valence-corrected chi connectivity index (χ4v) is 5.36. The quantitative estimate of drug-likeness (QED) is 0.123. The summed E-state index contributed by atoms with van der Waals surface area (Å²) >= 11 is -5.97. The van der Waals surface area contributed by atoms with E-state index in [-0.39, 0.29) is 59.1 Å². The number of rotatable bonds is 5. The molecule has 0 saturated heterocycles. The minimum atomic E-state index is -5.97. The van der Waals surface area contributed by atoms with E-state index >= 15 is 0 Å². The van der Waals surface area contributed by atoms with E-state index in [2.05, 4.69) is 10.2 Å². The maximum Gasteiger partial charge on any atom is 1.00 e. The molecule has 3 aromatic carbocycles. The number of benzene rings is 3. The first kappa shape index (κ1) is 31.2. The number of nitrogens with zero attached hydrogens (tertiary/aromatic N) is 2. The van der Waals surface area contributed by atoms with Crippen molar-refractivity contribution in [2.45, 2.75) is 9.79 Å². The van der Waals surface area contributed by atoms with Gasteiger partial charge in [-0.15, -0.1) is 0 Å². The minimum absolute atomic E-state index is 0. The topological polar surface area (TPSA) is 237 Å². The molecule has 0 fully saturated rings. The van der Waals surface area contributed by atoms with Gasteiger partial charge in [0, 0.05) is 0 Å². The molecule has 4 N–H and O–H groups in total. The summed E-state index contributed by atoms with van der Waals surface area (Å²) in [6.07, 6.45) is 0. The molecule has 0 heterocycles. The van der Waals surface area contributed by atoms with Crippen molar-refractivity contribution in [1.82, 2.24) is 0 Å². The molecular formula is C16H11AsN2Na2O11S2. The van der Waals surface area contributed by atoms with Crippen molar-refractivity contribution in [3.63, 3.8) is 0 Å². The van der Waals surface area contributed by atoms with Crippen molar-refractivity contribution in [3.8, 4) is 11.5 Å². The number of phenols is 2. The fraction of sp³-hybridized carbons (Fsp3) is 0. The Bertz CT molecular complexity index is 1550. The van der Waals surface area contributed by atoms with Gasteiger partial charge in [0.25, 0.3) is 0 Å². The first-order chi connectivity index (χ1) is 14.6. The second-order valence-corrected chi connectivity index (χ2v) is 12.2. The maximum absolute atomic E-state index is 11.8. The molecule has 0 bridgehead atoms. The van der Waals surface area contributed by atoms with Crippen LogP contribution >= 0.6 is 0 Å². The normalized spacial score (nSPS) is 12.4. The van der Waals surface area contributed by atoms with Crippen molar-refractivity contribution >= 4 is 60.9 Å². The summed E-state index contributed by atoms with van der Waals surface area (Å²) in [5.74, 6) is -1.98. The van der Waals surface area contributed by atoms with Gasteiger partial charge >= 0.3 is 242 Å². The van der Waals surface area contributed by atoms with E-state index in [4.69, 9.17) is 4.55 Å². The molecule has 0 aromatic heterocycles. The van der Waals surface area contributed by atoms with Crippen molar-refractivity contribution in [1.29, 1.82) is 0 Å². The van der Waals surface area contributed by atoms with E-state index in [9.17, 15) is 43.5 Å². The van der Waals surface area contributed by atoms with Crippen LogP contribution in [0.4, 0.5) is 11.4 Å². The van der Waals surface area contributed by atoms with Crippen LogP contribution in [0.25, 0.3) is 10.8 Å². The number of fused-ring (bicyclic) bond motifs is 1. The second kappa shape index (κ2) is 11.1. The third-order valence-corrected chi connectivity index (χ3v) is 7.84. The van der Waals surface area contributed by atoms with E-state index < -0.39 is 82.2 Å². The average Bonchev–Trinajstić information content (AvgIpc) is 2.64. The van der Waals surface area contributed by atoms with E-state index in [0.29, 0.717) is 18.2 Å². The Balaban J connectivity index is 0.00000289. The van der Waals surface area contributed by atoms with Gasteiger partial charge in [-0.2, -0.15) is 0 Å². The monoisotopic (exact) mass is 592 g/mol. The van der Waals surface area contributed by atoms with Gasteiger partial charge in [-0.1, -0.05) is 0 Å². The number of hydrogen-bond acceptors (Lipinski definition) is 11. The van der Waals surface area contributed by atoms with Crippen LogP contribution in [0.15, 0.2) is 62.5 Å². The molecule has 0 aliphatic carbocycles. The smallest absolute Gasteiger partial charge is 1.00 e. The summed E-state index contributed by atoms with van der Waals surface area (Å²) in [5, 5.41) is 26.6. The Morgan fingerprint density at radius 2 is 1.44 bits per heavy atom. The van der Waals surface area contributed by atoms with Crippen molar-refractivity contribution in [2.75, 3.05) is 0 Å². The molecule has 0 spiro atoms. The Morgan fingerprint density at radius 3 is 1.97 bits per heavy atom. The SMILES string of the molecule is O=S(=O)(O)c1cc(O)c2c(O)c(N=Nc3ccccc3[As](=O)([O-])[O-])c(S(=O)(=O)O)cc2c1.[Na+].[Na+]. The molecule has 3 rings (SSSR count). The molecule has 0 unspecified atom stereocenters. The summed E-state index contributed by atoms with van der Waals surface area (Å²) in [4.78, 5) is -1.93. The van der Waals surface area contributed by atoms with E-state index in [1.54, 1.807) is 0 Å². The Kier molecular flexibility index (Phi) is 10.2. The van der Waals surface area contributed by atoms with Gasteiger partial charge in [-0.25, -0.2) is 0 Å². The maximum atomic E-state index is 11.8. The zero-order chi connectivity index (χ0) is 24.1. The largest absolute Gasteiger partial charge is 1.00 e. The van der Waals surface area contributed by atoms with Crippen LogP contribution in [0.1, 0.15) is 0 Å². The van der Waals surface area contributed by atoms with Crippen molar-refractivity contribution < 1.29 is 107 Å². The first-order valence-electron chi connectivity index (χ1n) is 8.12. The molecule has 13 nitrogen and oxygen atoms in total. The van der Waals surface area contributed by atoms with Crippen LogP contribution in [-0.4, -0.2) is 50.3 Å². The van der Waals surface area contributed by atoms with Gasteiger partial charge in [0.1, 0.15) is 0 Å². The fourth-order valence-electron chi connectivity index (χ4n) is 2.76. The van der Waals surface area contributed by atoms with Gasteiger partial charge in [0.15, 0.2) is 0 Å². The third-order valence-electron chi connectivity index (χ3n) is 4.11. The van der Waals surface area contributed by atoms with Crippen LogP contribution in [0.5, 0.6) is 11.5 Å². The molecule has 0 radical (unpaired) electrons. The molecule has 0 aliphatic rings. The van der Waals surface area contributed by atoms with E-state index in [1.165, 1.54) is 12.1 Å². The van der Waals surface area contributed by atoms with Gasteiger partial charge in [0.2, 0.25) is 0 Å². The van der Waals surface area contributed by atoms with Crippen molar-refractivity contribution in [2.24, 2.45) is 10.2 Å². The zero-order valence-electron chi connectivity index (χ0n) is 17.3. The van der Waals surface area contributed by atoms with Gasteiger partial charge in [-0.05, 0) is 0 Å². The average molecular weight is 592 g/mol. The van der Waals surface area contributed by atoms with Crippen LogP contribution in [0, 0.1) is 0 Å². The number of phenolic OH excluding ortho intramolecular Hbond substituents is 2. The Morgan fingerprint density at radius 1 is 0.853 bits per heavy atom. The second-order valence-electron chi connectivity index (χ2n) is 6.25.